The summed E-state index contributed by atoms with van der Waals surface area (Å²) in [5.74, 6) is 0. The smallest absolute Gasteiger partial charge is 0.187 e. The molecular formula is C30H50O25. The second-order valence-corrected chi connectivity index (χ2v) is 14.0. The van der Waals surface area contributed by atoms with Crippen LogP contribution in [0.5, 0.6) is 0 Å². The normalized spacial score (nSPS) is 53.9. The molecule has 0 radical (unpaired) electrons. The zero-order valence-electron chi connectivity index (χ0n) is 28.8. The molecule has 0 saturated carbocycles. The highest BCUT2D eigenvalue weighted by atomic mass is 16.8. The average Bonchev–Trinajstić information content (AvgIpc) is 3.77. The minimum Gasteiger partial charge on any atom is -0.394 e. The molecule has 6 rings (SSSR count). The molecule has 15 N–H and O–H groups in total. The van der Waals surface area contributed by atoms with Crippen LogP contribution in [0.15, 0.2) is 0 Å². The number of fused-ring (bicyclic) bond motifs is 6. The van der Waals surface area contributed by atoms with Crippen LogP contribution < -0.4 is 0 Å². The van der Waals surface area contributed by atoms with Crippen molar-refractivity contribution in [1.29, 1.82) is 0 Å². The Hall–Kier alpha value is -1.00. The van der Waals surface area contributed by atoms with E-state index in [0.29, 0.717) is 0 Å². The molecule has 6 bridgehead atoms. The Kier molecular flexibility index (Phi) is 14.3. The van der Waals surface area contributed by atoms with Crippen LogP contribution in [0.4, 0.5) is 0 Å². The number of hydrogen-bond donors (Lipinski definition) is 15. The summed E-state index contributed by atoms with van der Waals surface area (Å²) >= 11 is 0. The number of rotatable bonds is 10. The molecular weight excluding hydrogens is 760 g/mol. The standard InChI is InChI=1S/C30H50O25/c31-1-6(36)20-23-19(45)28(50-20)48-9(4-34)21-17(43)24(54-26-15(41)13(39)11(37)7(2-32)46-26)29(51-21)49-10(5-35)22-18(44)25(30(52-22)53-23)55-27-16(42)14(40)12(38)8(3-33)47-27/h6-45H,1-5H2/t6-,7-,8-,9-,10-,11-,12-,13+,14+,15-,16-,17+,18+,19-,20+,21+,22+,23-,24-,25-,26-,27-,28-,29-,30+/m1/s1. The highest BCUT2D eigenvalue weighted by Crippen LogP contribution is 2.40. The molecule has 320 valence electrons. The quantitative estimate of drug-likeness (QED) is 0.0974. The third kappa shape index (κ3) is 8.28. The highest BCUT2D eigenvalue weighted by Gasteiger charge is 2.60. The molecule has 6 heterocycles. The molecule has 6 saturated heterocycles. The van der Waals surface area contributed by atoms with Crippen molar-refractivity contribution in [2.45, 2.75) is 154 Å². The van der Waals surface area contributed by atoms with Crippen LogP contribution in [0.25, 0.3) is 0 Å². The summed E-state index contributed by atoms with van der Waals surface area (Å²) in [4.78, 5) is 0. The zero-order valence-corrected chi connectivity index (χ0v) is 28.8. The van der Waals surface area contributed by atoms with Gasteiger partial charge in [0.05, 0.1) is 33.0 Å². The van der Waals surface area contributed by atoms with Crippen molar-refractivity contribution >= 4 is 0 Å². The van der Waals surface area contributed by atoms with Crippen LogP contribution in [-0.4, -0.2) is 263 Å². The van der Waals surface area contributed by atoms with Gasteiger partial charge in [0, 0.05) is 0 Å². The van der Waals surface area contributed by atoms with Crippen molar-refractivity contribution < 1.29 is 124 Å². The van der Waals surface area contributed by atoms with Crippen LogP contribution in [0.1, 0.15) is 0 Å². The summed E-state index contributed by atoms with van der Waals surface area (Å²) < 4.78 is 57.6. The molecule has 0 amide bonds. The van der Waals surface area contributed by atoms with Crippen molar-refractivity contribution in [3.63, 3.8) is 0 Å². The summed E-state index contributed by atoms with van der Waals surface area (Å²) in [6, 6.07) is 0. The maximum absolute atomic E-state index is 11.6. The molecule has 25 heteroatoms. The fourth-order valence-corrected chi connectivity index (χ4v) is 7.41. The molecule has 25 nitrogen and oxygen atoms in total. The van der Waals surface area contributed by atoms with Crippen LogP contribution in [0.3, 0.4) is 0 Å². The van der Waals surface area contributed by atoms with Gasteiger partial charge in [-0.3, -0.25) is 0 Å². The molecule has 0 aromatic rings. The van der Waals surface area contributed by atoms with Gasteiger partial charge in [-0.2, -0.15) is 0 Å². The minimum atomic E-state index is -1.99. The van der Waals surface area contributed by atoms with E-state index in [1.54, 1.807) is 0 Å². The number of aliphatic hydroxyl groups excluding tert-OH is 15. The molecule has 6 aliphatic rings. The van der Waals surface area contributed by atoms with Crippen molar-refractivity contribution in [3.8, 4) is 0 Å². The predicted molar refractivity (Wildman–Crippen MR) is 163 cm³/mol. The summed E-state index contributed by atoms with van der Waals surface area (Å²) in [7, 11) is 0. The zero-order chi connectivity index (χ0) is 40.0. The van der Waals surface area contributed by atoms with Crippen molar-refractivity contribution in [3.05, 3.63) is 0 Å². The van der Waals surface area contributed by atoms with Gasteiger partial charge in [-0.15, -0.1) is 0 Å². The lowest BCUT2D eigenvalue weighted by molar-refractivity contribution is -0.333. The third-order valence-corrected chi connectivity index (χ3v) is 10.5. The molecule has 0 unspecified atom stereocenters. The first kappa shape index (κ1) is 43.6. The Morgan fingerprint density at radius 1 is 0.382 bits per heavy atom. The molecule has 0 spiro atoms. The fourth-order valence-electron chi connectivity index (χ4n) is 7.41. The van der Waals surface area contributed by atoms with Gasteiger partial charge in [-0.25, -0.2) is 0 Å². The highest BCUT2D eigenvalue weighted by molar-refractivity contribution is 5.01. The lowest BCUT2D eigenvalue weighted by Gasteiger charge is -2.41. The van der Waals surface area contributed by atoms with E-state index in [1.807, 2.05) is 0 Å². The minimum absolute atomic E-state index is 0.840. The summed E-state index contributed by atoms with van der Waals surface area (Å²) in [5, 5.41) is 158. The SMILES string of the molecule is OC[C@@H](O)[C@@H]1O[C@H]2O[C@H](CO)[C@@H]3O[C@@H](O[C@H](CO)[C@@H]4O[C@@H](O[C@@H]1[C@H]2O)[C@H](O[C@H]1O[C@H](CO)[C@@H](O)[C@H](O)[C@H]1O)[C@H]4O)[C@H](O[C@H]1O[C@H](CO)[C@@H](O)[C@H](O)[C@H]1O)[C@H]3O. The molecule has 0 aromatic carbocycles. The Bertz CT molecular complexity index is 1220. The maximum Gasteiger partial charge on any atom is 0.187 e. The van der Waals surface area contributed by atoms with E-state index in [1.165, 1.54) is 0 Å². The first-order valence-electron chi connectivity index (χ1n) is 17.6. The van der Waals surface area contributed by atoms with Gasteiger partial charge in [0.1, 0.15) is 122 Å². The van der Waals surface area contributed by atoms with Crippen molar-refractivity contribution in [2.75, 3.05) is 33.0 Å². The Labute approximate surface area is 310 Å². The monoisotopic (exact) mass is 810 g/mol. The topological polar surface area (TPSA) is 396 Å². The van der Waals surface area contributed by atoms with E-state index in [0.717, 1.165) is 0 Å². The third-order valence-electron chi connectivity index (χ3n) is 10.5. The summed E-state index contributed by atoms with van der Waals surface area (Å²) in [6.07, 6.45) is -44.8. The van der Waals surface area contributed by atoms with Gasteiger partial charge in [-0.1, -0.05) is 0 Å². The lowest BCUT2D eigenvalue weighted by atomic mass is 9.99. The van der Waals surface area contributed by atoms with Crippen molar-refractivity contribution in [1.82, 2.24) is 0 Å². The Morgan fingerprint density at radius 3 is 1.20 bits per heavy atom. The van der Waals surface area contributed by atoms with E-state index >= 15 is 0 Å². The number of ether oxygens (including phenoxy) is 10. The van der Waals surface area contributed by atoms with Crippen LogP contribution in [0, 0.1) is 0 Å². The number of hydrogen-bond acceptors (Lipinski definition) is 25. The predicted octanol–water partition coefficient (Wildman–Crippen LogP) is -10.9. The van der Waals surface area contributed by atoms with Gasteiger partial charge >= 0.3 is 0 Å². The fraction of sp³-hybridized carbons (Fsp3) is 1.00. The summed E-state index contributed by atoms with van der Waals surface area (Å²) in [5.41, 5.74) is 0. The first-order chi connectivity index (χ1) is 26.2. The summed E-state index contributed by atoms with van der Waals surface area (Å²) in [6.45, 7) is -4.58. The van der Waals surface area contributed by atoms with Crippen LogP contribution >= 0.6 is 0 Å². The van der Waals surface area contributed by atoms with Gasteiger partial charge in [0.15, 0.2) is 31.5 Å². The lowest BCUT2D eigenvalue weighted by Crippen LogP contribution is -2.61. The first-order valence-corrected chi connectivity index (χ1v) is 17.6. The van der Waals surface area contributed by atoms with Gasteiger partial charge in [0.25, 0.3) is 0 Å². The van der Waals surface area contributed by atoms with Gasteiger partial charge in [-0.05, 0) is 0 Å². The van der Waals surface area contributed by atoms with E-state index in [-0.39, 0.29) is 0 Å². The second kappa shape index (κ2) is 18.1. The average molecular weight is 811 g/mol. The van der Waals surface area contributed by atoms with Crippen molar-refractivity contribution in [2.24, 2.45) is 0 Å². The number of aliphatic hydroxyl groups is 15. The molecule has 55 heavy (non-hydrogen) atoms. The largest absolute Gasteiger partial charge is 0.394 e. The van der Waals surface area contributed by atoms with Gasteiger partial charge in [0.2, 0.25) is 0 Å². The van der Waals surface area contributed by atoms with E-state index in [9.17, 15) is 76.6 Å². The van der Waals surface area contributed by atoms with E-state index in [4.69, 9.17) is 47.4 Å². The Morgan fingerprint density at radius 2 is 0.782 bits per heavy atom. The molecule has 6 aliphatic heterocycles. The molecule has 25 atom stereocenters. The molecule has 0 aliphatic carbocycles. The van der Waals surface area contributed by atoms with E-state index in [2.05, 4.69) is 0 Å². The second-order valence-electron chi connectivity index (χ2n) is 14.0. The van der Waals surface area contributed by atoms with E-state index < -0.39 is 187 Å². The van der Waals surface area contributed by atoms with Gasteiger partial charge < -0.3 is 124 Å². The molecule has 0 aromatic heterocycles. The van der Waals surface area contributed by atoms with Crippen LogP contribution in [-0.2, 0) is 47.4 Å². The molecule has 6 fully saturated rings. The van der Waals surface area contributed by atoms with Crippen LogP contribution in [0.2, 0.25) is 0 Å². The maximum atomic E-state index is 11.6. The Balaban J connectivity index is 1.35.